The maximum atomic E-state index is 13.2. The molecule has 5 rings (SSSR count). The van der Waals surface area contributed by atoms with Gasteiger partial charge in [-0.1, -0.05) is 17.3 Å². The number of nitrogens with one attached hydrogen (secondary N) is 1. The van der Waals surface area contributed by atoms with Crippen molar-refractivity contribution in [2.75, 3.05) is 31.5 Å². The van der Waals surface area contributed by atoms with Gasteiger partial charge >= 0.3 is 12.3 Å². The van der Waals surface area contributed by atoms with Gasteiger partial charge in [-0.3, -0.25) is 10.2 Å². The molecular formula is C22H20F2N4O5. The minimum atomic E-state index is -3.66. The van der Waals surface area contributed by atoms with Crippen molar-refractivity contribution >= 4 is 11.8 Å². The van der Waals surface area contributed by atoms with Gasteiger partial charge in [0.05, 0.1) is 0 Å². The molecule has 1 aromatic heterocycles. The van der Waals surface area contributed by atoms with E-state index in [9.17, 15) is 13.6 Å². The van der Waals surface area contributed by atoms with Gasteiger partial charge in [0.1, 0.15) is 17.8 Å². The lowest BCUT2D eigenvalue weighted by molar-refractivity contribution is -0.286. The Kier molecular flexibility index (Phi) is 5.47. The fourth-order valence-electron chi connectivity index (χ4n) is 3.67. The van der Waals surface area contributed by atoms with Crippen molar-refractivity contribution in [2.24, 2.45) is 0 Å². The minimum absolute atomic E-state index is 0.0325. The molecule has 33 heavy (non-hydrogen) atoms. The van der Waals surface area contributed by atoms with Gasteiger partial charge in [-0.05, 0) is 29.8 Å². The first kappa shape index (κ1) is 21.0. The number of ether oxygens (including phenoxy) is 3. The summed E-state index contributed by atoms with van der Waals surface area (Å²) < 4.78 is 45.8. The van der Waals surface area contributed by atoms with Crippen LogP contribution in [-0.2, 0) is 6.54 Å². The monoisotopic (exact) mass is 458 g/mol. The normalized spacial score (nSPS) is 17.1. The smallest absolute Gasteiger partial charge is 0.457 e. The summed E-state index contributed by atoms with van der Waals surface area (Å²) in [5.41, 5.74) is 1.03. The van der Waals surface area contributed by atoms with Crippen LogP contribution < -0.4 is 19.5 Å². The third-order valence-electron chi connectivity index (χ3n) is 5.25. The van der Waals surface area contributed by atoms with Crippen LogP contribution in [0.2, 0.25) is 0 Å². The molecular weight excluding hydrogens is 438 g/mol. The maximum Gasteiger partial charge on any atom is 0.586 e. The van der Waals surface area contributed by atoms with Crippen LogP contribution in [0.4, 0.5) is 19.4 Å². The fraction of sp³-hybridized carbons (Fsp3) is 0.273. The standard InChI is InChI=1S/C22H20F2N4O5/c23-22(24)32-18-5-4-17(13-19(18)33-22)31-16-3-1-2-15(12-16)14-27-7-9-28(10-8-27)21(29)25-20-6-11-30-26-20/h1-6,11-13H,7-10,14H2,(H,25,26,29). The van der Waals surface area contributed by atoms with Crippen LogP contribution in [0.15, 0.2) is 59.3 Å². The number of piperazine rings is 1. The van der Waals surface area contributed by atoms with Gasteiger partial charge in [0.2, 0.25) is 0 Å². The number of benzene rings is 2. The van der Waals surface area contributed by atoms with Gasteiger partial charge in [0, 0.05) is 44.9 Å². The first-order valence-electron chi connectivity index (χ1n) is 10.3. The molecule has 3 heterocycles. The number of nitrogens with zero attached hydrogens (tertiary/aromatic N) is 3. The van der Waals surface area contributed by atoms with E-state index in [0.29, 0.717) is 50.0 Å². The largest absolute Gasteiger partial charge is 0.586 e. The highest BCUT2D eigenvalue weighted by Gasteiger charge is 2.43. The highest BCUT2D eigenvalue weighted by molar-refractivity contribution is 5.88. The molecule has 9 nitrogen and oxygen atoms in total. The molecule has 0 aliphatic carbocycles. The molecule has 0 atom stereocenters. The van der Waals surface area contributed by atoms with Crippen molar-refractivity contribution in [3.05, 3.63) is 60.4 Å². The van der Waals surface area contributed by atoms with Crippen molar-refractivity contribution in [3.8, 4) is 23.0 Å². The van der Waals surface area contributed by atoms with E-state index >= 15 is 0 Å². The van der Waals surface area contributed by atoms with Gasteiger partial charge in [-0.25, -0.2) is 4.79 Å². The Hall–Kier alpha value is -3.86. The number of hydrogen-bond acceptors (Lipinski definition) is 7. The van der Waals surface area contributed by atoms with Gasteiger partial charge in [0.15, 0.2) is 17.3 Å². The number of alkyl halides is 2. The topological polar surface area (TPSA) is 89.3 Å². The average molecular weight is 458 g/mol. The van der Waals surface area contributed by atoms with E-state index in [1.807, 2.05) is 18.2 Å². The van der Waals surface area contributed by atoms with E-state index in [2.05, 4.69) is 24.8 Å². The van der Waals surface area contributed by atoms with Gasteiger partial charge in [-0.15, -0.1) is 8.78 Å². The van der Waals surface area contributed by atoms with Crippen LogP contribution in [-0.4, -0.2) is 53.5 Å². The Bertz CT molecular complexity index is 1130. The molecule has 0 radical (unpaired) electrons. The Morgan fingerprint density at radius 1 is 1.03 bits per heavy atom. The molecule has 0 spiro atoms. The van der Waals surface area contributed by atoms with E-state index in [1.165, 1.54) is 18.4 Å². The molecule has 2 amide bonds. The second-order valence-electron chi connectivity index (χ2n) is 7.60. The highest BCUT2D eigenvalue weighted by Crippen LogP contribution is 2.43. The van der Waals surface area contributed by atoms with Crippen LogP contribution in [0, 0.1) is 0 Å². The van der Waals surface area contributed by atoms with Crippen LogP contribution in [0.1, 0.15) is 5.56 Å². The molecule has 2 aromatic carbocycles. The average Bonchev–Trinajstić information content (AvgIpc) is 3.40. The van der Waals surface area contributed by atoms with Crippen molar-refractivity contribution < 1.29 is 32.3 Å². The number of carbonyl (C=O) groups excluding carboxylic acids is 1. The minimum Gasteiger partial charge on any atom is -0.457 e. The number of amides is 2. The summed E-state index contributed by atoms with van der Waals surface area (Å²) in [5, 5.41) is 6.38. The Morgan fingerprint density at radius 2 is 1.82 bits per heavy atom. The zero-order chi connectivity index (χ0) is 22.8. The molecule has 1 N–H and O–H groups in total. The summed E-state index contributed by atoms with van der Waals surface area (Å²) in [6.45, 7) is 3.29. The van der Waals surface area contributed by atoms with Gasteiger partial charge in [-0.2, -0.15) is 0 Å². The van der Waals surface area contributed by atoms with Gasteiger partial charge < -0.3 is 23.6 Å². The van der Waals surface area contributed by atoms with E-state index in [1.54, 1.807) is 23.1 Å². The number of hydrogen-bond donors (Lipinski definition) is 1. The number of fused-ring (bicyclic) bond motifs is 1. The first-order valence-corrected chi connectivity index (χ1v) is 10.3. The second-order valence-corrected chi connectivity index (χ2v) is 7.60. The summed E-state index contributed by atoms with van der Waals surface area (Å²) >= 11 is 0. The van der Waals surface area contributed by atoms with E-state index in [4.69, 9.17) is 9.26 Å². The molecule has 1 saturated heterocycles. The SMILES string of the molecule is O=C(Nc1ccon1)N1CCN(Cc2cccc(Oc3ccc4c(c3)OC(F)(F)O4)c2)CC1. The van der Waals surface area contributed by atoms with E-state index < -0.39 is 6.29 Å². The lowest BCUT2D eigenvalue weighted by Gasteiger charge is -2.34. The molecule has 0 unspecified atom stereocenters. The molecule has 0 bridgehead atoms. The molecule has 3 aromatic rings. The number of aromatic nitrogens is 1. The van der Waals surface area contributed by atoms with Crippen molar-refractivity contribution in [1.82, 2.24) is 15.0 Å². The quantitative estimate of drug-likeness (QED) is 0.615. The summed E-state index contributed by atoms with van der Waals surface area (Å²) in [7, 11) is 0. The molecule has 172 valence electrons. The molecule has 11 heteroatoms. The highest BCUT2D eigenvalue weighted by atomic mass is 19.3. The summed E-state index contributed by atoms with van der Waals surface area (Å²) in [4.78, 5) is 16.3. The van der Waals surface area contributed by atoms with Gasteiger partial charge in [0.25, 0.3) is 0 Å². The van der Waals surface area contributed by atoms with E-state index in [0.717, 1.165) is 5.56 Å². The third-order valence-corrected chi connectivity index (χ3v) is 5.25. The van der Waals surface area contributed by atoms with E-state index in [-0.39, 0.29) is 17.5 Å². The maximum absolute atomic E-state index is 13.2. The summed E-state index contributed by atoms with van der Waals surface area (Å²) in [6.07, 6.45) is -2.27. The summed E-state index contributed by atoms with van der Waals surface area (Å²) in [6, 6.07) is 13.2. The molecule has 0 saturated carbocycles. The van der Waals surface area contributed by atoms with Crippen LogP contribution in [0.3, 0.4) is 0 Å². The van der Waals surface area contributed by atoms with Crippen molar-refractivity contribution in [1.29, 1.82) is 0 Å². The fourth-order valence-corrected chi connectivity index (χ4v) is 3.67. The second kappa shape index (κ2) is 8.58. The number of anilines is 1. The lowest BCUT2D eigenvalue weighted by atomic mass is 10.2. The molecule has 2 aliphatic heterocycles. The number of halogens is 2. The Morgan fingerprint density at radius 3 is 2.61 bits per heavy atom. The number of carbonyl (C=O) groups is 1. The van der Waals surface area contributed by atoms with Crippen LogP contribution in [0.25, 0.3) is 0 Å². The lowest BCUT2D eigenvalue weighted by Crippen LogP contribution is -2.49. The molecule has 1 fully saturated rings. The number of rotatable bonds is 5. The Labute approximate surface area is 187 Å². The predicted octanol–water partition coefficient (Wildman–Crippen LogP) is 4.14. The summed E-state index contributed by atoms with van der Waals surface area (Å²) in [5.74, 6) is 1.21. The zero-order valence-electron chi connectivity index (χ0n) is 17.4. The van der Waals surface area contributed by atoms with Crippen molar-refractivity contribution in [3.63, 3.8) is 0 Å². The number of urea groups is 1. The van der Waals surface area contributed by atoms with Crippen molar-refractivity contribution in [2.45, 2.75) is 12.8 Å². The van der Waals surface area contributed by atoms with Crippen LogP contribution >= 0.6 is 0 Å². The Balaban J connectivity index is 1.15. The predicted molar refractivity (Wildman–Crippen MR) is 112 cm³/mol. The third kappa shape index (κ3) is 4.98. The first-order chi connectivity index (χ1) is 15.9. The molecule has 2 aliphatic rings. The zero-order valence-corrected chi connectivity index (χ0v) is 17.4. The van der Waals surface area contributed by atoms with Crippen LogP contribution in [0.5, 0.6) is 23.0 Å².